The average Bonchev–Trinajstić information content (AvgIpc) is 2.38. The third-order valence-electron chi connectivity index (χ3n) is 2.73. The molecule has 18 heavy (non-hydrogen) atoms. The van der Waals surface area contributed by atoms with Crippen LogP contribution in [0.15, 0.2) is 18.2 Å². The zero-order valence-corrected chi connectivity index (χ0v) is 10.5. The zero-order valence-electron chi connectivity index (χ0n) is 10.5. The van der Waals surface area contributed by atoms with E-state index in [9.17, 15) is 4.39 Å². The fourth-order valence-corrected chi connectivity index (χ4v) is 1.85. The van der Waals surface area contributed by atoms with Gasteiger partial charge in [0.2, 0.25) is 0 Å². The highest BCUT2D eigenvalue weighted by molar-refractivity contribution is 5.92. The van der Waals surface area contributed by atoms with Gasteiger partial charge in [0.05, 0.1) is 17.8 Å². The van der Waals surface area contributed by atoms with E-state index >= 15 is 0 Å². The Bertz CT molecular complexity index is 572. The molecular formula is C13H16FN3O. The summed E-state index contributed by atoms with van der Waals surface area (Å²) in [7, 11) is 0. The maximum atomic E-state index is 13.8. The smallest absolute Gasteiger partial charge is 0.167 e. The van der Waals surface area contributed by atoms with E-state index in [1.807, 2.05) is 19.9 Å². The lowest BCUT2D eigenvalue weighted by molar-refractivity contribution is 0.322. The van der Waals surface area contributed by atoms with Crippen LogP contribution >= 0.6 is 0 Å². The molecule has 1 heterocycles. The van der Waals surface area contributed by atoms with Crippen molar-refractivity contribution in [2.75, 3.05) is 12.0 Å². The molecule has 0 saturated carbocycles. The van der Waals surface area contributed by atoms with E-state index in [4.69, 9.17) is 10.6 Å². The number of nitrogens with two attached hydrogens (primary N) is 1. The fourth-order valence-electron chi connectivity index (χ4n) is 1.85. The normalized spacial score (nSPS) is 10.7. The van der Waals surface area contributed by atoms with Gasteiger partial charge in [0.1, 0.15) is 0 Å². The first-order valence-electron chi connectivity index (χ1n) is 5.92. The highest BCUT2D eigenvalue weighted by atomic mass is 19.1. The van der Waals surface area contributed by atoms with Gasteiger partial charge in [-0.05, 0) is 25.5 Å². The number of hydrogen-bond acceptors (Lipinski definition) is 4. The van der Waals surface area contributed by atoms with Crippen molar-refractivity contribution >= 4 is 16.6 Å². The number of nitrogens with zero attached hydrogens (tertiary/aromatic N) is 1. The molecule has 0 atom stereocenters. The lowest BCUT2D eigenvalue weighted by atomic mass is 10.1. The number of aryl methyl sites for hydroxylation is 1. The first-order chi connectivity index (χ1) is 8.69. The monoisotopic (exact) mass is 249 g/mol. The van der Waals surface area contributed by atoms with Crippen LogP contribution in [0.1, 0.15) is 19.5 Å². The molecule has 0 aliphatic carbocycles. The second kappa shape index (κ2) is 5.18. The summed E-state index contributed by atoms with van der Waals surface area (Å²) in [6.07, 6.45) is 0.763. The van der Waals surface area contributed by atoms with Crippen molar-refractivity contribution in [2.45, 2.75) is 20.3 Å². The van der Waals surface area contributed by atoms with Gasteiger partial charge in [-0.25, -0.2) is 4.39 Å². The summed E-state index contributed by atoms with van der Waals surface area (Å²) < 4.78 is 19.0. The number of ether oxygens (including phenoxy) is 1. The van der Waals surface area contributed by atoms with Gasteiger partial charge in [-0.15, -0.1) is 0 Å². The molecule has 5 heteroatoms. The third kappa shape index (κ3) is 2.22. The molecule has 4 nitrogen and oxygen atoms in total. The van der Waals surface area contributed by atoms with Gasteiger partial charge in [-0.3, -0.25) is 10.8 Å². The van der Waals surface area contributed by atoms with E-state index < -0.39 is 5.82 Å². The molecule has 1 aromatic heterocycles. The fraction of sp³-hybridized carbons (Fsp3) is 0.308. The van der Waals surface area contributed by atoms with Gasteiger partial charge in [-0.1, -0.05) is 6.92 Å². The van der Waals surface area contributed by atoms with E-state index in [1.165, 1.54) is 6.07 Å². The highest BCUT2D eigenvalue weighted by Gasteiger charge is 2.10. The number of hydrazine groups is 1. The number of nitrogen functional groups attached to an aromatic ring is 1. The molecule has 0 saturated heterocycles. The first kappa shape index (κ1) is 12.6. The lowest BCUT2D eigenvalue weighted by Crippen LogP contribution is -2.08. The molecule has 0 fully saturated rings. The minimum absolute atomic E-state index is 0.215. The molecule has 0 amide bonds. The second-order valence-electron chi connectivity index (χ2n) is 3.89. The molecule has 0 aliphatic heterocycles. The molecule has 96 valence electrons. The number of hydrogen-bond donors (Lipinski definition) is 2. The number of fused-ring (bicyclic) bond motifs is 1. The SMILES string of the molecule is CCOc1cc2c(NN)cc(CC)nc2cc1F. The second-order valence-corrected chi connectivity index (χ2v) is 3.89. The highest BCUT2D eigenvalue weighted by Crippen LogP contribution is 2.29. The summed E-state index contributed by atoms with van der Waals surface area (Å²) in [5, 5.41) is 0.750. The van der Waals surface area contributed by atoms with Crippen molar-refractivity contribution in [3.8, 4) is 5.75 Å². The average molecular weight is 249 g/mol. The summed E-state index contributed by atoms with van der Waals surface area (Å²) in [4.78, 5) is 4.37. The molecule has 0 spiro atoms. The Morgan fingerprint density at radius 3 is 2.72 bits per heavy atom. The van der Waals surface area contributed by atoms with Gasteiger partial charge in [-0.2, -0.15) is 0 Å². The maximum absolute atomic E-state index is 13.8. The Hall–Kier alpha value is -1.88. The molecule has 0 radical (unpaired) electrons. The molecule has 2 aromatic rings. The van der Waals surface area contributed by atoms with Crippen LogP contribution in [-0.4, -0.2) is 11.6 Å². The maximum Gasteiger partial charge on any atom is 0.167 e. The van der Waals surface area contributed by atoms with E-state index in [2.05, 4.69) is 10.4 Å². The Morgan fingerprint density at radius 1 is 1.33 bits per heavy atom. The van der Waals surface area contributed by atoms with Gasteiger partial charge in [0.25, 0.3) is 0 Å². The van der Waals surface area contributed by atoms with Crippen LogP contribution in [-0.2, 0) is 6.42 Å². The number of anilines is 1. The van der Waals surface area contributed by atoms with Crippen LogP contribution in [0.3, 0.4) is 0 Å². The van der Waals surface area contributed by atoms with E-state index in [-0.39, 0.29) is 5.75 Å². The standard InChI is InChI=1S/C13H16FN3O/c1-3-8-5-12(17-15)9-6-13(18-4-2)10(14)7-11(9)16-8/h5-7H,3-4,15H2,1-2H3,(H,16,17). The van der Waals surface area contributed by atoms with Crippen molar-refractivity contribution in [1.82, 2.24) is 4.98 Å². The van der Waals surface area contributed by atoms with Crippen LogP contribution in [0.2, 0.25) is 0 Å². The van der Waals surface area contributed by atoms with Crippen molar-refractivity contribution in [3.05, 3.63) is 29.7 Å². The van der Waals surface area contributed by atoms with Gasteiger partial charge in [0.15, 0.2) is 11.6 Å². The van der Waals surface area contributed by atoms with E-state index in [1.54, 1.807) is 6.07 Å². The van der Waals surface area contributed by atoms with Crippen LogP contribution < -0.4 is 16.0 Å². The largest absolute Gasteiger partial charge is 0.491 e. The first-order valence-corrected chi connectivity index (χ1v) is 5.92. The quantitative estimate of drug-likeness (QED) is 0.646. The van der Waals surface area contributed by atoms with E-state index in [0.29, 0.717) is 12.1 Å². The third-order valence-corrected chi connectivity index (χ3v) is 2.73. The number of nitrogens with one attached hydrogen (secondary N) is 1. The Kier molecular flexibility index (Phi) is 3.62. The molecule has 0 bridgehead atoms. The lowest BCUT2D eigenvalue weighted by Gasteiger charge is -2.11. The van der Waals surface area contributed by atoms with Crippen molar-refractivity contribution in [1.29, 1.82) is 0 Å². The molecular weight excluding hydrogens is 233 g/mol. The minimum atomic E-state index is -0.409. The van der Waals surface area contributed by atoms with Gasteiger partial charge >= 0.3 is 0 Å². The number of aromatic nitrogens is 1. The summed E-state index contributed by atoms with van der Waals surface area (Å²) >= 11 is 0. The molecule has 1 aromatic carbocycles. The summed E-state index contributed by atoms with van der Waals surface area (Å²) in [5.74, 6) is 5.30. The summed E-state index contributed by atoms with van der Waals surface area (Å²) in [5.41, 5.74) is 4.77. The summed E-state index contributed by atoms with van der Waals surface area (Å²) in [6.45, 7) is 4.21. The van der Waals surface area contributed by atoms with E-state index in [0.717, 1.165) is 23.2 Å². The zero-order chi connectivity index (χ0) is 13.1. The van der Waals surface area contributed by atoms with Crippen LogP contribution in [0.4, 0.5) is 10.1 Å². The predicted octanol–water partition coefficient (Wildman–Crippen LogP) is 2.62. The number of pyridine rings is 1. The topological polar surface area (TPSA) is 60.2 Å². The van der Waals surface area contributed by atoms with Crippen LogP contribution in [0.5, 0.6) is 5.75 Å². The van der Waals surface area contributed by atoms with Crippen LogP contribution in [0.25, 0.3) is 10.9 Å². The minimum Gasteiger partial charge on any atom is -0.491 e. The molecule has 3 N–H and O–H groups in total. The Labute approximate surface area is 105 Å². The Morgan fingerprint density at radius 2 is 2.11 bits per heavy atom. The molecule has 2 rings (SSSR count). The van der Waals surface area contributed by atoms with Crippen molar-refractivity contribution in [3.63, 3.8) is 0 Å². The predicted molar refractivity (Wildman–Crippen MR) is 70.1 cm³/mol. The van der Waals surface area contributed by atoms with Crippen molar-refractivity contribution < 1.29 is 9.13 Å². The number of halogens is 1. The van der Waals surface area contributed by atoms with Crippen LogP contribution in [0, 0.1) is 5.82 Å². The Balaban J connectivity index is 2.67. The van der Waals surface area contributed by atoms with Gasteiger partial charge in [0, 0.05) is 17.1 Å². The molecule has 0 aliphatic rings. The summed E-state index contributed by atoms with van der Waals surface area (Å²) in [6, 6.07) is 4.85. The number of benzene rings is 1. The molecule has 0 unspecified atom stereocenters. The van der Waals surface area contributed by atoms with Gasteiger partial charge < -0.3 is 10.2 Å². The van der Waals surface area contributed by atoms with Crippen molar-refractivity contribution in [2.24, 2.45) is 5.84 Å². The number of rotatable bonds is 4.